The van der Waals surface area contributed by atoms with Gasteiger partial charge in [0.2, 0.25) is 0 Å². The largest absolute Gasteiger partial charge is 0.362 e. The molecule has 0 fully saturated rings. The van der Waals surface area contributed by atoms with E-state index < -0.39 is 5.79 Å². The molecule has 0 bridgehead atoms. The van der Waals surface area contributed by atoms with Crippen LogP contribution in [0.25, 0.3) is 0 Å². The second-order valence-corrected chi connectivity index (χ2v) is 4.44. The van der Waals surface area contributed by atoms with Crippen LogP contribution in [0.5, 0.6) is 0 Å². The van der Waals surface area contributed by atoms with Crippen LogP contribution in [-0.2, 0) is 0 Å². The van der Waals surface area contributed by atoms with E-state index in [1.807, 2.05) is 6.92 Å². The Morgan fingerprint density at radius 3 is 2.20 bits per heavy atom. The second-order valence-electron chi connectivity index (χ2n) is 4.44. The van der Waals surface area contributed by atoms with Gasteiger partial charge in [0.15, 0.2) is 5.79 Å². The van der Waals surface area contributed by atoms with Crippen molar-refractivity contribution in [1.82, 2.24) is 0 Å². The fourth-order valence-electron chi connectivity index (χ4n) is 1.64. The van der Waals surface area contributed by atoms with Crippen molar-refractivity contribution in [1.29, 1.82) is 0 Å². The number of unbranched alkanes of at least 4 members (excludes halogenated alkanes) is 5. The molecule has 0 aliphatic carbocycles. The zero-order valence-corrected chi connectivity index (χ0v) is 10.2. The van der Waals surface area contributed by atoms with Crippen LogP contribution in [-0.4, -0.2) is 16.0 Å². The van der Waals surface area contributed by atoms with Crippen molar-refractivity contribution < 1.29 is 10.2 Å². The Balaban J connectivity index is 3.47. The van der Waals surface area contributed by atoms with Crippen molar-refractivity contribution in [3.05, 3.63) is 12.7 Å². The lowest BCUT2D eigenvalue weighted by Crippen LogP contribution is -2.33. The molecule has 0 heterocycles. The van der Waals surface area contributed by atoms with E-state index in [1.54, 1.807) is 0 Å². The molecule has 1 unspecified atom stereocenters. The summed E-state index contributed by atoms with van der Waals surface area (Å²) < 4.78 is 0. The lowest BCUT2D eigenvalue weighted by Gasteiger charge is -2.24. The second kappa shape index (κ2) is 7.89. The Morgan fingerprint density at radius 2 is 1.67 bits per heavy atom. The van der Waals surface area contributed by atoms with E-state index in [4.69, 9.17) is 0 Å². The minimum absolute atomic E-state index is 0.124. The van der Waals surface area contributed by atoms with Gasteiger partial charge < -0.3 is 10.2 Å². The molecule has 0 rings (SSSR count). The Morgan fingerprint density at radius 1 is 1.13 bits per heavy atom. The summed E-state index contributed by atoms with van der Waals surface area (Å²) in [5.74, 6) is -1.81. The Kier molecular flexibility index (Phi) is 7.71. The van der Waals surface area contributed by atoms with Gasteiger partial charge in [-0.25, -0.2) is 0 Å². The van der Waals surface area contributed by atoms with E-state index in [0.29, 0.717) is 0 Å². The summed E-state index contributed by atoms with van der Waals surface area (Å²) in [5.41, 5.74) is 0. The van der Waals surface area contributed by atoms with Gasteiger partial charge in [-0.1, -0.05) is 59.0 Å². The third-order valence-electron chi connectivity index (χ3n) is 3.02. The van der Waals surface area contributed by atoms with Crippen molar-refractivity contribution in [3.8, 4) is 0 Å². The predicted octanol–water partition coefficient (Wildman–Crippen LogP) is 3.24. The van der Waals surface area contributed by atoms with Crippen molar-refractivity contribution in [3.63, 3.8) is 0 Å². The molecule has 0 aliphatic heterocycles. The first kappa shape index (κ1) is 14.7. The zero-order chi connectivity index (χ0) is 11.7. The summed E-state index contributed by atoms with van der Waals surface area (Å²) in [7, 11) is 0. The molecule has 0 aromatic rings. The van der Waals surface area contributed by atoms with Gasteiger partial charge in [0.1, 0.15) is 0 Å². The summed E-state index contributed by atoms with van der Waals surface area (Å²) in [6, 6.07) is 0. The van der Waals surface area contributed by atoms with E-state index >= 15 is 0 Å². The Bertz CT molecular complexity index is 164. The molecule has 0 amide bonds. The molecule has 0 aromatic heterocycles. The molecule has 0 saturated heterocycles. The van der Waals surface area contributed by atoms with Gasteiger partial charge in [-0.2, -0.15) is 0 Å². The van der Waals surface area contributed by atoms with Gasteiger partial charge >= 0.3 is 0 Å². The summed E-state index contributed by atoms with van der Waals surface area (Å²) in [4.78, 5) is 0. The summed E-state index contributed by atoms with van der Waals surface area (Å²) in [5, 5.41) is 18.9. The molecule has 0 saturated carbocycles. The Hall–Kier alpha value is -0.340. The van der Waals surface area contributed by atoms with Crippen LogP contribution in [0, 0.1) is 5.92 Å². The highest BCUT2D eigenvalue weighted by molar-refractivity contribution is 4.89. The van der Waals surface area contributed by atoms with Crippen LogP contribution >= 0.6 is 0 Å². The van der Waals surface area contributed by atoms with Gasteiger partial charge in [0, 0.05) is 5.92 Å². The molecule has 0 aliphatic rings. The molecule has 15 heavy (non-hydrogen) atoms. The quantitative estimate of drug-likeness (QED) is 0.351. The molecule has 0 aromatic carbocycles. The van der Waals surface area contributed by atoms with Crippen molar-refractivity contribution in [2.24, 2.45) is 5.92 Å². The fraction of sp³-hybridized carbons (Fsp3) is 0.846. The zero-order valence-electron chi connectivity index (χ0n) is 10.2. The molecular formula is C13H26O2. The third kappa shape index (κ3) is 6.69. The summed E-state index contributed by atoms with van der Waals surface area (Å²) in [6.45, 7) is 7.48. The van der Waals surface area contributed by atoms with Crippen LogP contribution < -0.4 is 0 Å². The standard InChI is InChI=1S/C13H26O2/c1-4-6-7-8-9-10-11-12(3)13(14,15)5-2/h5,12,14-15H,2,4,6-11H2,1,3H3. The number of hydrogen-bond donors (Lipinski definition) is 2. The normalized spacial score (nSPS) is 13.9. The highest BCUT2D eigenvalue weighted by Crippen LogP contribution is 2.21. The minimum atomic E-state index is -1.69. The molecule has 0 spiro atoms. The Labute approximate surface area is 94.0 Å². The smallest absolute Gasteiger partial charge is 0.184 e. The van der Waals surface area contributed by atoms with Crippen molar-refractivity contribution in [2.75, 3.05) is 0 Å². The van der Waals surface area contributed by atoms with E-state index in [1.165, 1.54) is 38.2 Å². The topological polar surface area (TPSA) is 40.5 Å². The number of aliphatic hydroxyl groups is 2. The average molecular weight is 214 g/mol. The maximum absolute atomic E-state index is 9.47. The van der Waals surface area contributed by atoms with Crippen LogP contribution in [0.4, 0.5) is 0 Å². The lowest BCUT2D eigenvalue weighted by atomic mass is 9.94. The first-order valence-electron chi connectivity index (χ1n) is 6.13. The predicted molar refractivity (Wildman–Crippen MR) is 64.5 cm³/mol. The average Bonchev–Trinajstić information content (AvgIpc) is 2.22. The minimum Gasteiger partial charge on any atom is -0.362 e. The number of rotatable bonds is 9. The first-order valence-corrected chi connectivity index (χ1v) is 6.13. The van der Waals surface area contributed by atoms with Gasteiger partial charge in [0.25, 0.3) is 0 Å². The van der Waals surface area contributed by atoms with Crippen LogP contribution in [0.3, 0.4) is 0 Å². The van der Waals surface area contributed by atoms with Gasteiger partial charge in [0.05, 0.1) is 0 Å². The van der Waals surface area contributed by atoms with Gasteiger partial charge in [-0.15, -0.1) is 0 Å². The maximum Gasteiger partial charge on any atom is 0.184 e. The van der Waals surface area contributed by atoms with Crippen molar-refractivity contribution in [2.45, 2.75) is 64.6 Å². The molecule has 2 N–H and O–H groups in total. The molecule has 0 radical (unpaired) electrons. The SMILES string of the molecule is C=CC(O)(O)C(C)CCCCCCCC. The third-order valence-corrected chi connectivity index (χ3v) is 3.02. The van der Waals surface area contributed by atoms with Crippen LogP contribution in [0.15, 0.2) is 12.7 Å². The van der Waals surface area contributed by atoms with E-state index in [-0.39, 0.29) is 5.92 Å². The molecule has 2 heteroatoms. The van der Waals surface area contributed by atoms with Crippen molar-refractivity contribution >= 4 is 0 Å². The summed E-state index contributed by atoms with van der Waals surface area (Å²) >= 11 is 0. The summed E-state index contributed by atoms with van der Waals surface area (Å²) in [6.07, 6.45) is 9.47. The van der Waals surface area contributed by atoms with E-state index in [0.717, 1.165) is 12.8 Å². The first-order chi connectivity index (χ1) is 7.04. The van der Waals surface area contributed by atoms with Gasteiger partial charge in [-0.05, 0) is 12.5 Å². The monoisotopic (exact) mass is 214 g/mol. The fourth-order valence-corrected chi connectivity index (χ4v) is 1.64. The van der Waals surface area contributed by atoms with Gasteiger partial charge in [-0.3, -0.25) is 0 Å². The molecule has 1 atom stereocenters. The highest BCUT2D eigenvalue weighted by Gasteiger charge is 2.26. The van der Waals surface area contributed by atoms with Crippen LogP contribution in [0.1, 0.15) is 58.8 Å². The van der Waals surface area contributed by atoms with E-state index in [2.05, 4.69) is 13.5 Å². The van der Waals surface area contributed by atoms with E-state index in [9.17, 15) is 10.2 Å². The maximum atomic E-state index is 9.47. The molecule has 90 valence electrons. The lowest BCUT2D eigenvalue weighted by molar-refractivity contribution is -0.156. The number of hydrogen-bond acceptors (Lipinski definition) is 2. The van der Waals surface area contributed by atoms with Crippen LogP contribution in [0.2, 0.25) is 0 Å². The molecule has 2 nitrogen and oxygen atoms in total. The highest BCUT2D eigenvalue weighted by atomic mass is 16.5. The molecular weight excluding hydrogens is 188 g/mol.